The van der Waals surface area contributed by atoms with Crippen LogP contribution < -0.4 is 5.32 Å². The molecule has 6 heteroatoms. The second-order valence-corrected chi connectivity index (χ2v) is 6.64. The van der Waals surface area contributed by atoms with E-state index in [2.05, 4.69) is 15.4 Å². The summed E-state index contributed by atoms with van der Waals surface area (Å²) in [7, 11) is 0. The maximum absolute atomic E-state index is 12.7. The number of carbonyl (C=O) groups excluding carboxylic acids is 2. The maximum Gasteiger partial charge on any atom is 0.346 e. The van der Waals surface area contributed by atoms with Gasteiger partial charge in [0.05, 0.1) is 6.21 Å². The molecule has 0 bridgehead atoms. The van der Waals surface area contributed by atoms with Crippen LogP contribution in [0.5, 0.6) is 0 Å². The predicted molar refractivity (Wildman–Crippen MR) is 96.4 cm³/mol. The largest absolute Gasteiger partial charge is 0.362 e. The normalized spacial score (nSPS) is 20.5. The first-order chi connectivity index (χ1) is 11.9. The minimum absolute atomic E-state index is 0.324. The van der Waals surface area contributed by atoms with Gasteiger partial charge in [0.1, 0.15) is 5.54 Å². The highest BCUT2D eigenvalue weighted by molar-refractivity contribution is 6.07. The number of aryl methyl sites for hydroxylation is 3. The molecule has 0 saturated carbocycles. The van der Waals surface area contributed by atoms with Crippen LogP contribution in [-0.4, -0.2) is 33.7 Å². The SMILES string of the molecule is Cc1cc(/C=N/N2C(=O)N[C@](C)(CCc3ccccc3)C2=O)c(C)[nH]1. The van der Waals surface area contributed by atoms with Gasteiger partial charge in [0.2, 0.25) is 0 Å². The number of aromatic amines is 1. The number of aromatic nitrogens is 1. The first-order valence-electron chi connectivity index (χ1n) is 8.30. The van der Waals surface area contributed by atoms with Gasteiger partial charge in [-0.15, -0.1) is 5.01 Å². The number of hydrazone groups is 1. The Balaban J connectivity index is 1.72. The molecule has 0 aliphatic carbocycles. The molecule has 1 aliphatic heterocycles. The molecule has 1 saturated heterocycles. The first kappa shape index (κ1) is 17.0. The van der Waals surface area contributed by atoms with Crippen LogP contribution in [0, 0.1) is 13.8 Å². The van der Waals surface area contributed by atoms with Gasteiger partial charge in [-0.1, -0.05) is 30.3 Å². The van der Waals surface area contributed by atoms with Gasteiger partial charge in [-0.05, 0) is 45.2 Å². The Morgan fingerprint density at radius 3 is 2.56 bits per heavy atom. The van der Waals surface area contributed by atoms with Gasteiger partial charge in [-0.2, -0.15) is 5.10 Å². The van der Waals surface area contributed by atoms with Crippen LogP contribution in [0.4, 0.5) is 4.79 Å². The number of hydrogen-bond acceptors (Lipinski definition) is 3. The smallest absolute Gasteiger partial charge is 0.346 e. The highest BCUT2D eigenvalue weighted by Crippen LogP contribution is 2.23. The number of hydrogen-bond donors (Lipinski definition) is 2. The lowest BCUT2D eigenvalue weighted by molar-refractivity contribution is -0.130. The van der Waals surface area contributed by atoms with Crippen molar-refractivity contribution in [3.63, 3.8) is 0 Å². The maximum atomic E-state index is 12.7. The second kappa shape index (κ2) is 6.55. The summed E-state index contributed by atoms with van der Waals surface area (Å²) in [5.41, 5.74) is 3.00. The highest BCUT2D eigenvalue weighted by Gasteiger charge is 2.47. The Hall–Kier alpha value is -2.89. The minimum Gasteiger partial charge on any atom is -0.362 e. The molecule has 1 aromatic heterocycles. The Morgan fingerprint density at radius 1 is 1.20 bits per heavy atom. The summed E-state index contributed by atoms with van der Waals surface area (Å²) in [5, 5.41) is 7.80. The van der Waals surface area contributed by atoms with Gasteiger partial charge in [0, 0.05) is 17.0 Å². The zero-order valence-electron chi connectivity index (χ0n) is 14.7. The zero-order valence-corrected chi connectivity index (χ0v) is 14.7. The summed E-state index contributed by atoms with van der Waals surface area (Å²) in [6.07, 6.45) is 2.77. The number of benzene rings is 1. The van der Waals surface area contributed by atoms with Gasteiger partial charge in [0.15, 0.2) is 0 Å². The Kier molecular flexibility index (Phi) is 4.44. The third kappa shape index (κ3) is 3.47. The number of urea groups is 1. The molecule has 2 aromatic rings. The highest BCUT2D eigenvalue weighted by atomic mass is 16.2. The fourth-order valence-electron chi connectivity index (χ4n) is 2.98. The molecule has 3 amide bonds. The lowest BCUT2D eigenvalue weighted by atomic mass is 9.93. The summed E-state index contributed by atoms with van der Waals surface area (Å²) < 4.78 is 0. The van der Waals surface area contributed by atoms with E-state index in [-0.39, 0.29) is 5.91 Å². The monoisotopic (exact) mass is 338 g/mol. The van der Waals surface area contributed by atoms with E-state index in [1.165, 1.54) is 0 Å². The average molecular weight is 338 g/mol. The van der Waals surface area contributed by atoms with Gasteiger partial charge in [-0.3, -0.25) is 4.79 Å². The van der Waals surface area contributed by atoms with Crippen molar-refractivity contribution in [2.75, 3.05) is 0 Å². The third-order valence-corrected chi connectivity index (χ3v) is 4.50. The summed E-state index contributed by atoms with van der Waals surface area (Å²) in [6.45, 7) is 5.61. The van der Waals surface area contributed by atoms with Crippen LogP contribution >= 0.6 is 0 Å². The number of nitrogens with one attached hydrogen (secondary N) is 2. The van der Waals surface area contributed by atoms with Crippen molar-refractivity contribution in [3.8, 4) is 0 Å². The summed E-state index contributed by atoms with van der Waals surface area (Å²) in [6, 6.07) is 11.3. The molecular weight excluding hydrogens is 316 g/mol. The third-order valence-electron chi connectivity index (χ3n) is 4.50. The van der Waals surface area contributed by atoms with E-state index in [0.717, 1.165) is 27.5 Å². The lowest BCUT2D eigenvalue weighted by Gasteiger charge is -2.20. The van der Waals surface area contributed by atoms with Gasteiger partial charge in [0.25, 0.3) is 5.91 Å². The number of nitrogens with zero attached hydrogens (tertiary/aromatic N) is 2. The van der Waals surface area contributed by atoms with Crippen LogP contribution in [0.25, 0.3) is 0 Å². The van der Waals surface area contributed by atoms with Crippen molar-refractivity contribution < 1.29 is 9.59 Å². The molecule has 1 aromatic carbocycles. The number of carbonyl (C=O) groups is 2. The number of amides is 3. The summed E-state index contributed by atoms with van der Waals surface area (Å²) >= 11 is 0. The van der Waals surface area contributed by atoms with Gasteiger partial charge >= 0.3 is 6.03 Å². The van der Waals surface area contributed by atoms with E-state index in [0.29, 0.717) is 12.8 Å². The number of H-pyrrole nitrogens is 1. The Labute approximate surface area is 146 Å². The van der Waals surface area contributed by atoms with Crippen molar-refractivity contribution in [2.24, 2.45) is 5.10 Å². The molecule has 0 unspecified atom stereocenters. The van der Waals surface area contributed by atoms with Crippen molar-refractivity contribution in [1.82, 2.24) is 15.3 Å². The molecule has 130 valence electrons. The van der Waals surface area contributed by atoms with E-state index in [1.54, 1.807) is 13.1 Å². The molecule has 2 heterocycles. The number of rotatable bonds is 5. The van der Waals surface area contributed by atoms with Crippen LogP contribution in [0.1, 0.15) is 35.9 Å². The second-order valence-electron chi connectivity index (χ2n) is 6.64. The van der Waals surface area contributed by atoms with Crippen LogP contribution in [0.15, 0.2) is 41.5 Å². The molecule has 2 N–H and O–H groups in total. The van der Waals surface area contributed by atoms with Crippen LogP contribution in [-0.2, 0) is 11.2 Å². The molecule has 25 heavy (non-hydrogen) atoms. The molecule has 3 rings (SSSR count). The number of imide groups is 1. The first-order valence-corrected chi connectivity index (χ1v) is 8.30. The predicted octanol–water partition coefficient (Wildman–Crippen LogP) is 2.91. The van der Waals surface area contributed by atoms with Crippen molar-refractivity contribution in [3.05, 3.63) is 58.9 Å². The minimum atomic E-state index is -0.937. The molecule has 6 nitrogen and oxygen atoms in total. The molecule has 0 radical (unpaired) electrons. The average Bonchev–Trinajstić information content (AvgIpc) is 3.01. The van der Waals surface area contributed by atoms with E-state index in [4.69, 9.17) is 0 Å². The Bertz CT molecular complexity index is 825. The van der Waals surface area contributed by atoms with E-state index in [9.17, 15) is 9.59 Å². The standard InChI is InChI=1S/C19H22N4O2/c1-13-11-16(14(2)21-13)12-20-23-17(24)19(3,22-18(23)25)10-9-15-7-5-4-6-8-15/h4-8,11-12,21H,9-10H2,1-3H3,(H,22,25)/b20-12+/t19-/m1/s1. The van der Waals surface area contributed by atoms with Crippen molar-refractivity contribution >= 4 is 18.2 Å². The molecule has 1 aliphatic rings. The zero-order chi connectivity index (χ0) is 18.0. The van der Waals surface area contributed by atoms with E-state index >= 15 is 0 Å². The van der Waals surface area contributed by atoms with Crippen molar-refractivity contribution in [1.29, 1.82) is 0 Å². The summed E-state index contributed by atoms with van der Waals surface area (Å²) in [5.74, 6) is -0.324. The molecule has 1 atom stereocenters. The van der Waals surface area contributed by atoms with Crippen LogP contribution in [0.3, 0.4) is 0 Å². The summed E-state index contributed by atoms with van der Waals surface area (Å²) in [4.78, 5) is 28.1. The van der Waals surface area contributed by atoms with Crippen LogP contribution in [0.2, 0.25) is 0 Å². The fraction of sp³-hybridized carbons (Fsp3) is 0.316. The topological polar surface area (TPSA) is 77.6 Å². The Morgan fingerprint density at radius 2 is 1.92 bits per heavy atom. The molecule has 1 fully saturated rings. The molecular formula is C19H22N4O2. The quantitative estimate of drug-likeness (QED) is 0.649. The van der Waals surface area contributed by atoms with E-state index < -0.39 is 11.6 Å². The van der Waals surface area contributed by atoms with Gasteiger partial charge in [-0.25, -0.2) is 4.79 Å². The lowest BCUT2D eigenvalue weighted by Crippen LogP contribution is -2.44. The van der Waals surface area contributed by atoms with Gasteiger partial charge < -0.3 is 10.3 Å². The fourth-order valence-corrected chi connectivity index (χ4v) is 2.98. The van der Waals surface area contributed by atoms with E-state index in [1.807, 2.05) is 50.2 Å². The van der Waals surface area contributed by atoms with Crippen molar-refractivity contribution in [2.45, 2.75) is 39.2 Å². The molecule has 0 spiro atoms.